The van der Waals surface area contributed by atoms with E-state index < -0.39 is 0 Å². The van der Waals surface area contributed by atoms with Gasteiger partial charge in [0.15, 0.2) is 0 Å². The zero-order chi connectivity index (χ0) is 12.3. The molecule has 0 amide bonds. The van der Waals surface area contributed by atoms with Gasteiger partial charge in [0.2, 0.25) is 0 Å². The SMILES string of the molecule is CCc1c(OC)ccc(C2CCCN2)c1OC. The maximum Gasteiger partial charge on any atom is 0.130 e. The molecule has 0 saturated carbocycles. The van der Waals surface area contributed by atoms with Gasteiger partial charge in [-0.15, -0.1) is 0 Å². The average Bonchev–Trinajstić information content (AvgIpc) is 2.90. The van der Waals surface area contributed by atoms with Gasteiger partial charge in [0.25, 0.3) is 0 Å². The van der Waals surface area contributed by atoms with E-state index >= 15 is 0 Å². The molecule has 1 aliphatic rings. The summed E-state index contributed by atoms with van der Waals surface area (Å²) in [6.45, 7) is 3.23. The van der Waals surface area contributed by atoms with E-state index in [1.54, 1.807) is 14.2 Å². The van der Waals surface area contributed by atoms with Crippen molar-refractivity contribution in [2.45, 2.75) is 32.2 Å². The van der Waals surface area contributed by atoms with Crippen LogP contribution in [0.5, 0.6) is 11.5 Å². The third-order valence-corrected chi connectivity index (χ3v) is 3.46. The monoisotopic (exact) mass is 235 g/mol. The lowest BCUT2D eigenvalue weighted by molar-refractivity contribution is 0.379. The van der Waals surface area contributed by atoms with Crippen LogP contribution in [0.3, 0.4) is 0 Å². The van der Waals surface area contributed by atoms with Gasteiger partial charge < -0.3 is 14.8 Å². The molecule has 0 aromatic heterocycles. The smallest absolute Gasteiger partial charge is 0.130 e. The number of ether oxygens (including phenoxy) is 2. The molecule has 1 heterocycles. The van der Waals surface area contributed by atoms with Gasteiger partial charge in [-0.3, -0.25) is 0 Å². The van der Waals surface area contributed by atoms with Crippen LogP contribution in [-0.4, -0.2) is 20.8 Å². The summed E-state index contributed by atoms with van der Waals surface area (Å²) >= 11 is 0. The molecular formula is C14H21NO2. The maximum atomic E-state index is 5.60. The quantitative estimate of drug-likeness (QED) is 0.870. The fourth-order valence-corrected chi connectivity index (χ4v) is 2.62. The van der Waals surface area contributed by atoms with Crippen LogP contribution in [0.1, 0.15) is 36.9 Å². The average molecular weight is 235 g/mol. The van der Waals surface area contributed by atoms with E-state index in [4.69, 9.17) is 9.47 Å². The van der Waals surface area contributed by atoms with Crippen molar-refractivity contribution in [2.24, 2.45) is 0 Å². The Balaban J connectivity index is 2.44. The van der Waals surface area contributed by atoms with Gasteiger partial charge in [-0.1, -0.05) is 13.0 Å². The Labute approximate surface area is 103 Å². The molecule has 2 rings (SSSR count). The Hall–Kier alpha value is -1.22. The zero-order valence-corrected chi connectivity index (χ0v) is 10.9. The van der Waals surface area contributed by atoms with Crippen LogP contribution in [0, 0.1) is 0 Å². The summed E-state index contributed by atoms with van der Waals surface area (Å²) in [5.74, 6) is 1.91. The molecule has 0 aliphatic carbocycles. The van der Waals surface area contributed by atoms with Gasteiger partial charge in [0.05, 0.1) is 14.2 Å². The Morgan fingerprint density at radius 1 is 1.29 bits per heavy atom. The predicted molar refractivity (Wildman–Crippen MR) is 68.9 cm³/mol. The molecule has 0 bridgehead atoms. The largest absolute Gasteiger partial charge is 0.496 e. The standard InChI is InChI=1S/C14H21NO2/c1-4-10-13(16-2)8-7-11(14(10)17-3)12-6-5-9-15-12/h7-8,12,15H,4-6,9H2,1-3H3. The topological polar surface area (TPSA) is 30.5 Å². The van der Waals surface area contributed by atoms with E-state index in [1.165, 1.54) is 24.0 Å². The van der Waals surface area contributed by atoms with Crippen molar-refractivity contribution in [1.29, 1.82) is 0 Å². The lowest BCUT2D eigenvalue weighted by atomic mass is 9.99. The van der Waals surface area contributed by atoms with E-state index in [9.17, 15) is 0 Å². The van der Waals surface area contributed by atoms with Crippen LogP contribution in [0.15, 0.2) is 12.1 Å². The van der Waals surface area contributed by atoms with Crippen LogP contribution < -0.4 is 14.8 Å². The maximum absolute atomic E-state index is 5.60. The normalized spacial score (nSPS) is 19.4. The number of nitrogens with one attached hydrogen (secondary N) is 1. The van der Waals surface area contributed by atoms with Crippen LogP contribution in [0.4, 0.5) is 0 Å². The van der Waals surface area contributed by atoms with Crippen molar-refractivity contribution in [1.82, 2.24) is 5.32 Å². The van der Waals surface area contributed by atoms with Crippen molar-refractivity contribution < 1.29 is 9.47 Å². The van der Waals surface area contributed by atoms with Gasteiger partial charge in [0, 0.05) is 17.2 Å². The Morgan fingerprint density at radius 3 is 2.65 bits per heavy atom. The molecule has 1 unspecified atom stereocenters. The third-order valence-electron chi connectivity index (χ3n) is 3.46. The van der Waals surface area contributed by atoms with E-state index in [2.05, 4.69) is 24.4 Å². The minimum Gasteiger partial charge on any atom is -0.496 e. The molecule has 1 saturated heterocycles. The van der Waals surface area contributed by atoms with Gasteiger partial charge in [-0.2, -0.15) is 0 Å². The molecule has 3 nitrogen and oxygen atoms in total. The number of methoxy groups -OCH3 is 2. The summed E-state index contributed by atoms with van der Waals surface area (Å²) in [6, 6.07) is 4.61. The van der Waals surface area contributed by atoms with Crippen molar-refractivity contribution >= 4 is 0 Å². The minimum absolute atomic E-state index is 0.432. The minimum atomic E-state index is 0.432. The van der Waals surface area contributed by atoms with Crippen LogP contribution in [0.25, 0.3) is 0 Å². The fourth-order valence-electron chi connectivity index (χ4n) is 2.62. The highest BCUT2D eigenvalue weighted by Crippen LogP contribution is 2.38. The Kier molecular flexibility index (Phi) is 3.89. The Bertz CT molecular complexity index is 384. The zero-order valence-electron chi connectivity index (χ0n) is 10.9. The second-order valence-electron chi connectivity index (χ2n) is 4.37. The lowest BCUT2D eigenvalue weighted by Gasteiger charge is -2.19. The van der Waals surface area contributed by atoms with E-state index in [-0.39, 0.29) is 0 Å². The summed E-state index contributed by atoms with van der Waals surface area (Å²) in [7, 11) is 3.45. The first kappa shape index (κ1) is 12.2. The highest BCUT2D eigenvalue weighted by atomic mass is 16.5. The predicted octanol–water partition coefficient (Wildman–Crippen LogP) is 2.69. The lowest BCUT2D eigenvalue weighted by Crippen LogP contribution is -2.14. The van der Waals surface area contributed by atoms with Crippen molar-refractivity contribution in [3.63, 3.8) is 0 Å². The molecule has 1 fully saturated rings. The molecule has 1 aliphatic heterocycles. The molecule has 17 heavy (non-hydrogen) atoms. The molecular weight excluding hydrogens is 214 g/mol. The van der Waals surface area contributed by atoms with E-state index in [0.717, 1.165) is 24.5 Å². The molecule has 0 radical (unpaired) electrons. The molecule has 3 heteroatoms. The van der Waals surface area contributed by atoms with Crippen molar-refractivity contribution in [3.8, 4) is 11.5 Å². The molecule has 94 valence electrons. The highest BCUT2D eigenvalue weighted by Gasteiger charge is 2.22. The van der Waals surface area contributed by atoms with E-state index in [1.807, 2.05) is 0 Å². The summed E-state index contributed by atoms with van der Waals surface area (Å²) in [5.41, 5.74) is 2.43. The third kappa shape index (κ3) is 2.25. The first-order valence-electron chi connectivity index (χ1n) is 6.29. The van der Waals surface area contributed by atoms with Crippen molar-refractivity contribution in [2.75, 3.05) is 20.8 Å². The van der Waals surface area contributed by atoms with Crippen LogP contribution in [-0.2, 0) is 6.42 Å². The molecule has 1 aromatic carbocycles. The second kappa shape index (κ2) is 5.41. The molecule has 1 N–H and O–H groups in total. The Morgan fingerprint density at radius 2 is 2.12 bits per heavy atom. The van der Waals surface area contributed by atoms with Crippen molar-refractivity contribution in [3.05, 3.63) is 23.3 Å². The van der Waals surface area contributed by atoms with Crippen LogP contribution in [0.2, 0.25) is 0 Å². The highest BCUT2D eigenvalue weighted by molar-refractivity contribution is 5.51. The summed E-state index contributed by atoms with van der Waals surface area (Å²) in [5, 5.41) is 3.52. The summed E-state index contributed by atoms with van der Waals surface area (Å²) in [4.78, 5) is 0. The van der Waals surface area contributed by atoms with Gasteiger partial charge in [0.1, 0.15) is 11.5 Å². The number of hydrogen-bond donors (Lipinski definition) is 1. The summed E-state index contributed by atoms with van der Waals surface area (Å²) in [6.07, 6.45) is 3.35. The first-order valence-corrected chi connectivity index (χ1v) is 6.29. The number of rotatable bonds is 4. The summed E-state index contributed by atoms with van der Waals surface area (Å²) < 4.78 is 11.0. The second-order valence-corrected chi connectivity index (χ2v) is 4.37. The number of benzene rings is 1. The fraction of sp³-hybridized carbons (Fsp3) is 0.571. The van der Waals surface area contributed by atoms with Gasteiger partial charge >= 0.3 is 0 Å². The van der Waals surface area contributed by atoms with Gasteiger partial charge in [-0.05, 0) is 31.9 Å². The number of hydrogen-bond acceptors (Lipinski definition) is 3. The molecule has 0 spiro atoms. The van der Waals surface area contributed by atoms with Crippen LogP contribution >= 0.6 is 0 Å². The van der Waals surface area contributed by atoms with E-state index in [0.29, 0.717) is 6.04 Å². The first-order chi connectivity index (χ1) is 8.31. The molecule has 1 atom stereocenters. The van der Waals surface area contributed by atoms with Gasteiger partial charge in [-0.25, -0.2) is 0 Å². The molecule has 1 aromatic rings.